The van der Waals surface area contributed by atoms with Crippen molar-refractivity contribution in [1.82, 2.24) is 9.55 Å². The van der Waals surface area contributed by atoms with Gasteiger partial charge in [-0.25, -0.2) is 4.98 Å². The third kappa shape index (κ3) is 3.51. The molecule has 0 saturated carbocycles. The monoisotopic (exact) mass is 425 g/mol. The molecular formula is C25H19N3O2S. The second-order valence-electron chi connectivity index (χ2n) is 7.49. The molecule has 0 aliphatic heterocycles. The Morgan fingerprint density at radius 2 is 1.77 bits per heavy atom. The van der Waals surface area contributed by atoms with E-state index in [1.54, 1.807) is 23.0 Å². The van der Waals surface area contributed by atoms with Gasteiger partial charge in [0.1, 0.15) is 5.01 Å². The molecule has 2 aromatic heterocycles. The quantitative estimate of drug-likeness (QED) is 0.422. The number of aryl methyl sites for hydroxylation is 2. The van der Waals surface area contributed by atoms with Gasteiger partial charge in [-0.15, -0.1) is 11.3 Å². The van der Waals surface area contributed by atoms with Crippen molar-refractivity contribution in [3.05, 3.63) is 94.3 Å². The molecule has 0 radical (unpaired) electrons. The fourth-order valence-corrected chi connectivity index (χ4v) is 4.72. The summed E-state index contributed by atoms with van der Waals surface area (Å²) in [6, 6.07) is 22.6. The first kappa shape index (κ1) is 19.2. The lowest BCUT2D eigenvalue weighted by Gasteiger charge is -2.11. The van der Waals surface area contributed by atoms with Crippen LogP contribution >= 0.6 is 11.3 Å². The first-order valence-corrected chi connectivity index (χ1v) is 10.7. The van der Waals surface area contributed by atoms with Crippen molar-refractivity contribution in [2.45, 2.75) is 6.92 Å². The van der Waals surface area contributed by atoms with Gasteiger partial charge in [-0.1, -0.05) is 24.3 Å². The van der Waals surface area contributed by atoms with Crippen molar-refractivity contribution in [3.63, 3.8) is 0 Å². The van der Waals surface area contributed by atoms with E-state index in [1.807, 2.05) is 54.6 Å². The Bertz CT molecular complexity index is 1510. The molecule has 31 heavy (non-hydrogen) atoms. The summed E-state index contributed by atoms with van der Waals surface area (Å²) in [5.74, 6) is -0.308. The standard InChI is InChI=1S/C25H19N3O2S/c1-15-7-12-20-22(13-15)31-25(27-20)16-8-10-17(11-9-16)26-24(30)19-14-23(29)28(2)21-6-4-3-5-18(19)21/h3-14H,1-2H3,(H,26,30). The van der Waals surface area contributed by atoms with Crippen LogP contribution in [0.1, 0.15) is 15.9 Å². The minimum absolute atomic E-state index is 0.217. The van der Waals surface area contributed by atoms with Crippen molar-refractivity contribution in [3.8, 4) is 10.6 Å². The number of nitrogens with one attached hydrogen (secondary N) is 1. The maximum absolute atomic E-state index is 12.9. The molecule has 0 saturated heterocycles. The maximum atomic E-state index is 12.9. The molecule has 1 N–H and O–H groups in total. The first-order chi connectivity index (χ1) is 15.0. The molecule has 0 aliphatic carbocycles. The molecule has 0 atom stereocenters. The number of amides is 1. The van der Waals surface area contributed by atoms with Gasteiger partial charge >= 0.3 is 0 Å². The molecule has 2 heterocycles. The van der Waals surface area contributed by atoms with E-state index in [9.17, 15) is 9.59 Å². The average molecular weight is 426 g/mol. The fraction of sp³-hybridized carbons (Fsp3) is 0.0800. The molecule has 1 amide bonds. The molecule has 5 rings (SSSR count). The Balaban J connectivity index is 1.43. The lowest BCUT2D eigenvalue weighted by molar-refractivity contribution is 0.102. The highest BCUT2D eigenvalue weighted by molar-refractivity contribution is 7.21. The highest BCUT2D eigenvalue weighted by Gasteiger charge is 2.14. The lowest BCUT2D eigenvalue weighted by atomic mass is 10.1. The van der Waals surface area contributed by atoms with E-state index < -0.39 is 0 Å². The summed E-state index contributed by atoms with van der Waals surface area (Å²) in [6.07, 6.45) is 0. The number of hydrogen-bond donors (Lipinski definition) is 1. The summed E-state index contributed by atoms with van der Waals surface area (Å²) < 4.78 is 2.70. The SMILES string of the molecule is Cc1ccc2nc(-c3ccc(NC(=O)c4cc(=O)n(C)c5ccccc45)cc3)sc2c1. The van der Waals surface area contributed by atoms with Gasteiger partial charge in [-0.3, -0.25) is 9.59 Å². The molecule has 0 unspecified atom stereocenters. The van der Waals surface area contributed by atoms with Crippen molar-refractivity contribution in [2.24, 2.45) is 7.05 Å². The van der Waals surface area contributed by atoms with E-state index in [2.05, 4.69) is 24.4 Å². The Morgan fingerprint density at radius 1 is 1.00 bits per heavy atom. The second kappa shape index (κ2) is 7.49. The van der Waals surface area contributed by atoms with Crippen LogP contribution in [0.2, 0.25) is 0 Å². The maximum Gasteiger partial charge on any atom is 0.256 e. The number of thiazole rings is 1. The summed E-state index contributed by atoms with van der Waals surface area (Å²) in [7, 11) is 1.70. The summed E-state index contributed by atoms with van der Waals surface area (Å²) >= 11 is 1.65. The number of nitrogens with zero attached hydrogens (tertiary/aromatic N) is 2. The first-order valence-electron chi connectivity index (χ1n) is 9.87. The number of benzene rings is 3. The minimum atomic E-state index is -0.308. The normalized spacial score (nSPS) is 11.2. The highest BCUT2D eigenvalue weighted by atomic mass is 32.1. The predicted octanol–water partition coefficient (Wildman–Crippen LogP) is 5.38. The van der Waals surface area contributed by atoms with Crippen LogP contribution in [0, 0.1) is 6.92 Å². The smallest absolute Gasteiger partial charge is 0.256 e. The van der Waals surface area contributed by atoms with Gasteiger partial charge in [0.15, 0.2) is 0 Å². The topological polar surface area (TPSA) is 64.0 Å². The average Bonchev–Trinajstić information content (AvgIpc) is 3.20. The van der Waals surface area contributed by atoms with Gasteiger partial charge in [-0.2, -0.15) is 0 Å². The molecule has 0 bridgehead atoms. The van der Waals surface area contributed by atoms with E-state index >= 15 is 0 Å². The van der Waals surface area contributed by atoms with Crippen LogP contribution in [0.25, 0.3) is 31.7 Å². The molecule has 152 valence electrons. The van der Waals surface area contributed by atoms with Crippen LogP contribution in [0.5, 0.6) is 0 Å². The lowest BCUT2D eigenvalue weighted by Crippen LogP contribution is -2.21. The van der Waals surface area contributed by atoms with Gasteiger partial charge in [0, 0.05) is 29.8 Å². The Labute approximate surface area is 182 Å². The van der Waals surface area contributed by atoms with Gasteiger partial charge in [0.2, 0.25) is 0 Å². The Kier molecular flexibility index (Phi) is 4.64. The van der Waals surface area contributed by atoms with Crippen LogP contribution in [-0.4, -0.2) is 15.5 Å². The van der Waals surface area contributed by atoms with Gasteiger partial charge < -0.3 is 9.88 Å². The predicted molar refractivity (Wildman–Crippen MR) is 127 cm³/mol. The van der Waals surface area contributed by atoms with E-state index in [-0.39, 0.29) is 11.5 Å². The number of carbonyl (C=O) groups excluding carboxylic acids is 1. The van der Waals surface area contributed by atoms with E-state index in [0.717, 1.165) is 31.7 Å². The van der Waals surface area contributed by atoms with Crippen LogP contribution in [0.4, 0.5) is 5.69 Å². The Morgan fingerprint density at radius 3 is 2.58 bits per heavy atom. The number of fused-ring (bicyclic) bond motifs is 2. The number of hydrogen-bond acceptors (Lipinski definition) is 4. The summed E-state index contributed by atoms with van der Waals surface area (Å²) in [6.45, 7) is 2.07. The van der Waals surface area contributed by atoms with Crippen LogP contribution < -0.4 is 10.9 Å². The van der Waals surface area contributed by atoms with E-state index in [1.165, 1.54) is 11.6 Å². The van der Waals surface area contributed by atoms with E-state index in [0.29, 0.717) is 11.3 Å². The minimum Gasteiger partial charge on any atom is -0.322 e. The molecule has 6 heteroatoms. The summed E-state index contributed by atoms with van der Waals surface area (Å²) in [5, 5.41) is 4.59. The number of pyridine rings is 1. The highest BCUT2D eigenvalue weighted by Crippen LogP contribution is 2.31. The van der Waals surface area contributed by atoms with Crippen molar-refractivity contribution in [1.29, 1.82) is 0 Å². The molecular weight excluding hydrogens is 406 g/mol. The second-order valence-corrected chi connectivity index (χ2v) is 8.52. The van der Waals surface area contributed by atoms with Crippen LogP contribution in [0.15, 0.2) is 77.6 Å². The zero-order valence-electron chi connectivity index (χ0n) is 17.0. The number of rotatable bonds is 3. The molecule has 0 spiro atoms. The third-order valence-electron chi connectivity index (χ3n) is 5.33. The molecule has 3 aromatic carbocycles. The number of para-hydroxylation sites is 1. The number of aromatic nitrogens is 2. The number of anilines is 1. The van der Waals surface area contributed by atoms with Crippen molar-refractivity contribution >= 4 is 44.1 Å². The molecule has 5 nitrogen and oxygen atoms in total. The molecule has 0 fully saturated rings. The number of carbonyl (C=O) groups is 1. The molecule has 0 aliphatic rings. The van der Waals surface area contributed by atoms with Crippen LogP contribution in [0.3, 0.4) is 0 Å². The van der Waals surface area contributed by atoms with Gasteiger partial charge in [0.25, 0.3) is 11.5 Å². The molecule has 5 aromatic rings. The van der Waals surface area contributed by atoms with E-state index in [4.69, 9.17) is 4.98 Å². The third-order valence-corrected chi connectivity index (χ3v) is 6.40. The van der Waals surface area contributed by atoms with Crippen molar-refractivity contribution < 1.29 is 4.79 Å². The Hall–Kier alpha value is -3.77. The van der Waals surface area contributed by atoms with Gasteiger partial charge in [-0.05, 0) is 55.0 Å². The van der Waals surface area contributed by atoms with Gasteiger partial charge in [0.05, 0.1) is 21.3 Å². The summed E-state index contributed by atoms with van der Waals surface area (Å²) in [5.41, 5.74) is 4.73. The fourth-order valence-electron chi connectivity index (χ4n) is 3.65. The zero-order chi connectivity index (χ0) is 21.5. The van der Waals surface area contributed by atoms with Crippen molar-refractivity contribution in [2.75, 3.05) is 5.32 Å². The summed E-state index contributed by atoms with van der Waals surface area (Å²) in [4.78, 5) is 29.9. The van der Waals surface area contributed by atoms with Crippen LogP contribution in [-0.2, 0) is 7.05 Å². The largest absolute Gasteiger partial charge is 0.322 e. The zero-order valence-corrected chi connectivity index (χ0v) is 17.9.